The van der Waals surface area contributed by atoms with Crippen LogP contribution in [0.2, 0.25) is 0 Å². The minimum atomic E-state index is -3.45. The van der Waals surface area contributed by atoms with Crippen molar-refractivity contribution in [3.63, 3.8) is 0 Å². The van der Waals surface area contributed by atoms with Crippen LogP contribution in [0.15, 0.2) is 0 Å². The van der Waals surface area contributed by atoms with Gasteiger partial charge in [-0.1, -0.05) is 6.92 Å². The SMILES string of the molecule is CCC(C)N(C)S(=O)(=O)N1CCC(C(=O)O)CC1. The average molecular weight is 278 g/mol. The minimum Gasteiger partial charge on any atom is -0.481 e. The van der Waals surface area contributed by atoms with Crippen LogP contribution in [0.25, 0.3) is 0 Å². The molecule has 0 aliphatic carbocycles. The zero-order valence-electron chi connectivity index (χ0n) is 11.2. The van der Waals surface area contributed by atoms with Crippen molar-refractivity contribution in [1.29, 1.82) is 0 Å². The summed E-state index contributed by atoms with van der Waals surface area (Å²) < 4.78 is 27.3. The van der Waals surface area contributed by atoms with Gasteiger partial charge in [-0.15, -0.1) is 0 Å². The summed E-state index contributed by atoms with van der Waals surface area (Å²) in [6, 6.07) is -0.0489. The van der Waals surface area contributed by atoms with Crippen LogP contribution in [0, 0.1) is 5.92 Å². The molecule has 6 nitrogen and oxygen atoms in total. The predicted molar refractivity (Wildman–Crippen MR) is 68.4 cm³/mol. The maximum Gasteiger partial charge on any atom is 0.306 e. The fraction of sp³-hybridized carbons (Fsp3) is 0.909. The van der Waals surface area contributed by atoms with Gasteiger partial charge in [0.05, 0.1) is 5.92 Å². The van der Waals surface area contributed by atoms with Crippen molar-refractivity contribution in [3.8, 4) is 0 Å². The highest BCUT2D eigenvalue weighted by atomic mass is 32.2. The molecule has 1 fully saturated rings. The molecule has 0 saturated carbocycles. The van der Waals surface area contributed by atoms with Gasteiger partial charge in [-0.25, -0.2) is 0 Å². The average Bonchev–Trinajstić information content (AvgIpc) is 2.36. The summed E-state index contributed by atoms with van der Waals surface area (Å²) >= 11 is 0. The molecule has 1 saturated heterocycles. The summed E-state index contributed by atoms with van der Waals surface area (Å²) in [5, 5.41) is 8.88. The van der Waals surface area contributed by atoms with Crippen LogP contribution in [0.1, 0.15) is 33.1 Å². The standard InChI is InChI=1S/C11H22N2O4S/c1-4-9(2)12(3)18(16,17)13-7-5-10(6-8-13)11(14)15/h9-10H,4-8H2,1-3H3,(H,14,15). The van der Waals surface area contributed by atoms with Crippen molar-refractivity contribution in [3.05, 3.63) is 0 Å². The molecule has 0 spiro atoms. The lowest BCUT2D eigenvalue weighted by Gasteiger charge is -2.34. The van der Waals surface area contributed by atoms with E-state index in [0.29, 0.717) is 25.9 Å². The van der Waals surface area contributed by atoms with Gasteiger partial charge < -0.3 is 5.11 Å². The van der Waals surface area contributed by atoms with Crippen LogP contribution in [0.3, 0.4) is 0 Å². The van der Waals surface area contributed by atoms with Crippen LogP contribution in [0.4, 0.5) is 0 Å². The number of carboxylic acids is 1. The molecule has 1 unspecified atom stereocenters. The topological polar surface area (TPSA) is 77.9 Å². The van der Waals surface area contributed by atoms with E-state index in [4.69, 9.17) is 5.11 Å². The lowest BCUT2D eigenvalue weighted by atomic mass is 9.99. The fourth-order valence-electron chi connectivity index (χ4n) is 2.00. The predicted octanol–water partition coefficient (Wildman–Crippen LogP) is 0.758. The summed E-state index contributed by atoms with van der Waals surface area (Å²) in [5.41, 5.74) is 0. The summed E-state index contributed by atoms with van der Waals surface area (Å²) in [6.45, 7) is 4.38. The first-order chi connectivity index (χ1) is 8.30. The van der Waals surface area contributed by atoms with Crippen LogP contribution < -0.4 is 0 Å². The Morgan fingerprint density at radius 2 is 1.94 bits per heavy atom. The Morgan fingerprint density at radius 1 is 1.44 bits per heavy atom. The van der Waals surface area contributed by atoms with E-state index in [1.807, 2.05) is 13.8 Å². The zero-order valence-corrected chi connectivity index (χ0v) is 12.0. The maximum absolute atomic E-state index is 12.3. The van der Waals surface area contributed by atoms with E-state index in [0.717, 1.165) is 6.42 Å². The molecule has 7 heteroatoms. The smallest absolute Gasteiger partial charge is 0.306 e. The summed E-state index contributed by atoms with van der Waals surface area (Å²) in [5.74, 6) is -1.24. The number of nitrogens with zero attached hydrogens (tertiary/aromatic N) is 2. The molecule has 0 radical (unpaired) electrons. The molecule has 0 amide bonds. The number of hydrogen-bond donors (Lipinski definition) is 1. The van der Waals surface area contributed by atoms with Crippen molar-refractivity contribution >= 4 is 16.2 Å². The highest BCUT2D eigenvalue weighted by Gasteiger charge is 2.34. The number of carbonyl (C=O) groups is 1. The zero-order chi connectivity index (χ0) is 13.9. The number of aliphatic carboxylic acids is 1. The first kappa shape index (κ1) is 15.4. The van der Waals surface area contributed by atoms with Crippen LogP contribution >= 0.6 is 0 Å². The van der Waals surface area contributed by atoms with E-state index in [2.05, 4.69) is 0 Å². The third kappa shape index (κ3) is 3.21. The Labute approximate surface area is 109 Å². The lowest BCUT2D eigenvalue weighted by Crippen LogP contribution is -2.48. The van der Waals surface area contributed by atoms with Gasteiger partial charge in [-0.05, 0) is 26.2 Å². The third-order valence-corrected chi connectivity index (χ3v) is 5.81. The van der Waals surface area contributed by atoms with E-state index < -0.39 is 22.1 Å². The van der Waals surface area contributed by atoms with Gasteiger partial charge in [0.2, 0.25) is 0 Å². The summed E-state index contributed by atoms with van der Waals surface area (Å²) in [7, 11) is -1.87. The monoisotopic (exact) mass is 278 g/mol. The maximum atomic E-state index is 12.3. The van der Waals surface area contributed by atoms with E-state index in [9.17, 15) is 13.2 Å². The Morgan fingerprint density at radius 3 is 2.33 bits per heavy atom. The Balaban J connectivity index is 2.69. The van der Waals surface area contributed by atoms with E-state index in [1.54, 1.807) is 7.05 Å². The van der Waals surface area contributed by atoms with Crippen molar-refractivity contribution < 1.29 is 18.3 Å². The first-order valence-corrected chi connectivity index (χ1v) is 7.66. The molecular formula is C11H22N2O4S. The van der Waals surface area contributed by atoms with Gasteiger partial charge in [0.25, 0.3) is 10.2 Å². The molecule has 106 valence electrons. The van der Waals surface area contributed by atoms with E-state index in [-0.39, 0.29) is 6.04 Å². The molecule has 1 aliphatic heterocycles. The van der Waals surface area contributed by atoms with Gasteiger partial charge in [-0.3, -0.25) is 4.79 Å². The van der Waals surface area contributed by atoms with E-state index in [1.165, 1.54) is 8.61 Å². The molecular weight excluding hydrogens is 256 g/mol. The lowest BCUT2D eigenvalue weighted by molar-refractivity contribution is -0.142. The molecule has 1 N–H and O–H groups in total. The Hall–Kier alpha value is -0.660. The van der Waals surface area contributed by atoms with Crippen molar-refractivity contribution in [2.45, 2.75) is 39.2 Å². The molecule has 0 aromatic carbocycles. The van der Waals surface area contributed by atoms with Gasteiger partial charge in [-0.2, -0.15) is 17.0 Å². The summed E-state index contributed by atoms with van der Waals surface area (Å²) in [6.07, 6.45) is 1.53. The fourth-order valence-corrected chi connectivity index (χ4v) is 3.64. The number of rotatable bonds is 5. The Kier molecular flexibility index (Phi) is 5.12. The second kappa shape index (κ2) is 5.99. The normalized spacial score (nSPS) is 21.1. The van der Waals surface area contributed by atoms with Gasteiger partial charge in [0.1, 0.15) is 0 Å². The quantitative estimate of drug-likeness (QED) is 0.805. The highest BCUT2D eigenvalue weighted by molar-refractivity contribution is 7.86. The van der Waals surface area contributed by atoms with E-state index >= 15 is 0 Å². The van der Waals surface area contributed by atoms with Crippen LogP contribution in [-0.2, 0) is 15.0 Å². The molecule has 0 aromatic rings. The second-order valence-corrected chi connectivity index (χ2v) is 6.78. The molecule has 1 rings (SSSR count). The minimum absolute atomic E-state index is 0.0489. The van der Waals surface area contributed by atoms with Crippen molar-refractivity contribution in [1.82, 2.24) is 8.61 Å². The number of carboxylic acid groups (broad SMARTS) is 1. The van der Waals surface area contributed by atoms with Gasteiger partial charge >= 0.3 is 5.97 Å². The molecule has 0 aromatic heterocycles. The molecule has 18 heavy (non-hydrogen) atoms. The van der Waals surface area contributed by atoms with Crippen LogP contribution in [-0.4, -0.2) is 54.3 Å². The largest absolute Gasteiger partial charge is 0.481 e. The Bertz CT molecular complexity index is 388. The van der Waals surface area contributed by atoms with Gasteiger partial charge in [0, 0.05) is 26.2 Å². The highest BCUT2D eigenvalue weighted by Crippen LogP contribution is 2.22. The van der Waals surface area contributed by atoms with Crippen molar-refractivity contribution in [2.24, 2.45) is 5.92 Å². The molecule has 1 aliphatic rings. The molecule has 1 atom stereocenters. The molecule has 0 bridgehead atoms. The number of hydrogen-bond acceptors (Lipinski definition) is 3. The van der Waals surface area contributed by atoms with Crippen molar-refractivity contribution in [2.75, 3.05) is 20.1 Å². The first-order valence-electron chi connectivity index (χ1n) is 6.26. The van der Waals surface area contributed by atoms with Crippen LogP contribution in [0.5, 0.6) is 0 Å². The third-order valence-electron chi connectivity index (χ3n) is 3.70. The summed E-state index contributed by atoms with van der Waals surface area (Å²) in [4.78, 5) is 10.8. The molecule has 1 heterocycles. The van der Waals surface area contributed by atoms with Gasteiger partial charge in [0.15, 0.2) is 0 Å². The number of piperidine rings is 1. The second-order valence-electron chi connectivity index (χ2n) is 4.79.